The van der Waals surface area contributed by atoms with Crippen LogP contribution in [0.3, 0.4) is 0 Å². The summed E-state index contributed by atoms with van der Waals surface area (Å²) in [6.45, 7) is 0.343. The summed E-state index contributed by atoms with van der Waals surface area (Å²) in [5, 5.41) is 14.9. The Morgan fingerprint density at radius 3 is 2.21 bits per heavy atom. The standard InChI is InChI=1S/C43H50FN6O7/c1-28(49(2)39(54)21-14-29-12-17-33(44)18-13-29)42(57)50(34-19-15-31(16-20-34)38(53)25-46)43(27-52,22-5-6-23-45)40(55)37(26-51)48-41(56)36(47)24-32-10-7-9-30-8-3-4-11-35(30)32/h3-4,7-13,15-20,28,36-37,51H,5-6,14,21-26,45-47H2,1-2H3,(H,48,56)/t28-,36-,37-,43+/m0/s1. The predicted molar refractivity (Wildman–Crippen MR) is 215 cm³/mol. The lowest BCUT2D eigenvalue weighted by molar-refractivity contribution is -0.138. The van der Waals surface area contributed by atoms with Crippen molar-refractivity contribution in [3.63, 3.8) is 0 Å². The molecule has 0 aliphatic carbocycles. The number of hydrogen-bond acceptors (Lipinski definition) is 10. The summed E-state index contributed by atoms with van der Waals surface area (Å²) in [6, 6.07) is 20.1. The van der Waals surface area contributed by atoms with E-state index in [1.54, 1.807) is 18.4 Å². The summed E-state index contributed by atoms with van der Waals surface area (Å²) >= 11 is 0. The molecule has 13 nitrogen and oxygen atoms in total. The van der Waals surface area contributed by atoms with Crippen LogP contribution in [0.2, 0.25) is 0 Å². The maximum absolute atomic E-state index is 14.8. The average molecular weight is 782 g/mol. The van der Waals surface area contributed by atoms with Gasteiger partial charge in [0.05, 0.1) is 19.2 Å². The number of aryl methyl sites for hydroxylation is 1. The van der Waals surface area contributed by atoms with Crippen LogP contribution in [-0.4, -0.2) is 96.0 Å². The number of unbranched alkanes of at least 4 members (excludes halogenated alkanes) is 1. The Labute approximate surface area is 331 Å². The van der Waals surface area contributed by atoms with Crippen molar-refractivity contribution in [1.29, 1.82) is 0 Å². The number of rotatable bonds is 21. The van der Waals surface area contributed by atoms with Crippen LogP contribution in [0.5, 0.6) is 0 Å². The van der Waals surface area contributed by atoms with Crippen LogP contribution in [0.15, 0.2) is 91.0 Å². The zero-order valence-electron chi connectivity index (χ0n) is 32.2. The number of aliphatic hydroxyl groups excluding tert-OH is 1. The molecule has 0 aliphatic heterocycles. The highest BCUT2D eigenvalue weighted by Crippen LogP contribution is 2.32. The molecular formula is C43H50FN6O7. The fraction of sp³-hybridized carbons (Fsp3) is 0.349. The molecule has 0 saturated carbocycles. The van der Waals surface area contributed by atoms with Crippen LogP contribution in [0.1, 0.15) is 54.1 Å². The van der Waals surface area contributed by atoms with E-state index in [0.29, 0.717) is 12.0 Å². The van der Waals surface area contributed by atoms with Gasteiger partial charge in [-0.3, -0.25) is 33.7 Å². The van der Waals surface area contributed by atoms with Gasteiger partial charge in [-0.15, -0.1) is 0 Å². The first-order valence-corrected chi connectivity index (χ1v) is 18.8. The maximum atomic E-state index is 14.8. The molecule has 301 valence electrons. The summed E-state index contributed by atoms with van der Waals surface area (Å²) in [6.07, 6.45) is 2.22. The third-order valence-electron chi connectivity index (χ3n) is 10.1. The highest BCUT2D eigenvalue weighted by molar-refractivity contribution is 6.17. The normalized spacial score (nSPS) is 13.8. The lowest BCUT2D eigenvalue weighted by atomic mass is 9.82. The van der Waals surface area contributed by atoms with Crippen LogP contribution < -0.4 is 27.4 Å². The molecule has 0 saturated heterocycles. The highest BCUT2D eigenvalue weighted by atomic mass is 19.1. The van der Waals surface area contributed by atoms with Gasteiger partial charge in [-0.1, -0.05) is 54.6 Å². The number of benzene rings is 4. The number of Topliss-reactive ketones (excluding diaryl/α,β-unsaturated/α-hetero) is 2. The lowest BCUT2D eigenvalue weighted by Crippen LogP contribution is -2.67. The molecule has 0 spiro atoms. The lowest BCUT2D eigenvalue weighted by Gasteiger charge is -2.42. The molecule has 0 bridgehead atoms. The van der Waals surface area contributed by atoms with E-state index in [-0.39, 0.29) is 56.4 Å². The van der Waals surface area contributed by atoms with E-state index in [2.05, 4.69) is 5.32 Å². The highest BCUT2D eigenvalue weighted by Gasteiger charge is 2.52. The molecule has 4 rings (SSSR count). The molecule has 57 heavy (non-hydrogen) atoms. The summed E-state index contributed by atoms with van der Waals surface area (Å²) in [4.78, 5) is 84.5. The first-order chi connectivity index (χ1) is 27.3. The predicted octanol–water partition coefficient (Wildman–Crippen LogP) is 2.53. The summed E-state index contributed by atoms with van der Waals surface area (Å²) in [5.41, 5.74) is 16.9. The molecule has 0 unspecified atom stereocenters. The summed E-state index contributed by atoms with van der Waals surface area (Å²) in [5.74, 6) is -4.01. The molecule has 14 heteroatoms. The van der Waals surface area contributed by atoms with Gasteiger partial charge in [-0.25, -0.2) is 4.39 Å². The minimum absolute atomic E-state index is 0.00676. The summed E-state index contributed by atoms with van der Waals surface area (Å²) < 4.78 is 13.4. The number of nitrogens with one attached hydrogen (secondary N) is 1. The number of likely N-dealkylation sites (N-methyl/N-ethyl adjacent to an activating group) is 1. The Kier molecular flexibility index (Phi) is 15.8. The first kappa shape index (κ1) is 44.0. The Morgan fingerprint density at radius 1 is 0.912 bits per heavy atom. The molecule has 0 aliphatic rings. The van der Waals surface area contributed by atoms with Gasteiger partial charge in [0.25, 0.3) is 5.91 Å². The van der Waals surface area contributed by atoms with Gasteiger partial charge >= 0.3 is 0 Å². The molecule has 4 aromatic carbocycles. The van der Waals surface area contributed by atoms with Crippen molar-refractivity contribution in [2.24, 2.45) is 17.2 Å². The fourth-order valence-electron chi connectivity index (χ4n) is 6.68. The van der Waals surface area contributed by atoms with Crippen LogP contribution in [0.25, 0.3) is 10.8 Å². The second-order valence-electron chi connectivity index (χ2n) is 13.9. The van der Waals surface area contributed by atoms with Crippen molar-refractivity contribution in [2.45, 2.75) is 69.1 Å². The fourth-order valence-corrected chi connectivity index (χ4v) is 6.68. The van der Waals surface area contributed by atoms with Gasteiger partial charge < -0.3 is 32.5 Å². The quantitative estimate of drug-likeness (QED) is 0.0473. The maximum Gasteiger partial charge on any atom is 0.250 e. The Hall–Kier alpha value is -5.67. The molecule has 4 atom stereocenters. The zero-order valence-corrected chi connectivity index (χ0v) is 32.2. The van der Waals surface area contributed by atoms with Crippen molar-refractivity contribution in [3.05, 3.63) is 114 Å². The van der Waals surface area contributed by atoms with E-state index >= 15 is 0 Å². The number of nitrogens with two attached hydrogens (primary N) is 3. The third-order valence-corrected chi connectivity index (χ3v) is 10.1. The van der Waals surface area contributed by atoms with E-state index in [4.69, 9.17) is 17.2 Å². The average Bonchev–Trinajstić information content (AvgIpc) is 3.23. The van der Waals surface area contributed by atoms with Gasteiger partial charge in [-0.05, 0) is 104 Å². The first-order valence-electron chi connectivity index (χ1n) is 18.8. The molecule has 0 fully saturated rings. The van der Waals surface area contributed by atoms with Crippen molar-refractivity contribution in [3.8, 4) is 0 Å². The molecule has 8 N–H and O–H groups in total. The van der Waals surface area contributed by atoms with Gasteiger partial charge in [0, 0.05) is 24.7 Å². The van der Waals surface area contributed by atoms with E-state index < -0.39 is 65.4 Å². The number of hydrogen-bond donors (Lipinski definition) is 5. The molecule has 4 aromatic rings. The van der Waals surface area contributed by atoms with Gasteiger partial charge in [0.15, 0.2) is 17.1 Å². The largest absolute Gasteiger partial charge is 0.394 e. The molecule has 3 amide bonds. The second kappa shape index (κ2) is 20.5. The minimum Gasteiger partial charge on any atom is -0.394 e. The SMILES string of the molecule is C[C@@H](C(=O)N(c1ccc(C(=O)CN)cc1)[C@@]([C]=O)(CCCCN)C(=O)[C@H](CO)NC(=O)[C@@H](N)Cc1cccc2ccccc12)N(C)C(=O)CCc1ccc(F)cc1. The van der Waals surface area contributed by atoms with E-state index in [0.717, 1.165) is 21.2 Å². The second-order valence-corrected chi connectivity index (χ2v) is 13.9. The number of halogens is 1. The number of ketones is 2. The number of amides is 3. The number of fused-ring (bicyclic) bond motifs is 1. The van der Waals surface area contributed by atoms with Crippen LogP contribution in [-0.2, 0) is 36.8 Å². The number of nitrogens with zero attached hydrogens (tertiary/aromatic N) is 2. The van der Waals surface area contributed by atoms with Crippen LogP contribution in [0, 0.1) is 5.82 Å². The molecule has 0 aromatic heterocycles. The topological polar surface area (TPSA) is 219 Å². The Morgan fingerprint density at radius 2 is 1.58 bits per heavy atom. The Balaban J connectivity index is 1.71. The van der Waals surface area contributed by atoms with Crippen molar-refractivity contribution < 1.29 is 38.3 Å². The van der Waals surface area contributed by atoms with Crippen molar-refractivity contribution in [1.82, 2.24) is 10.2 Å². The number of aliphatic hydroxyl groups is 1. The third kappa shape index (κ3) is 10.6. The number of anilines is 1. The van der Waals surface area contributed by atoms with Gasteiger partial charge in [0.1, 0.15) is 17.9 Å². The van der Waals surface area contributed by atoms with E-state index in [9.17, 15) is 38.3 Å². The van der Waals surface area contributed by atoms with Crippen molar-refractivity contribution in [2.75, 3.05) is 31.6 Å². The smallest absolute Gasteiger partial charge is 0.250 e. The summed E-state index contributed by atoms with van der Waals surface area (Å²) in [7, 11) is 1.40. The zero-order chi connectivity index (χ0) is 41.7. The van der Waals surface area contributed by atoms with Crippen molar-refractivity contribution >= 4 is 52.0 Å². The molecule has 1 radical (unpaired) electrons. The Bertz CT molecular complexity index is 2040. The minimum atomic E-state index is -2.47. The molecule has 0 heterocycles. The van der Waals surface area contributed by atoms with E-state index in [1.165, 1.54) is 55.3 Å². The van der Waals surface area contributed by atoms with Gasteiger partial charge in [0.2, 0.25) is 18.1 Å². The number of carbonyl (C=O) groups is 5. The van der Waals surface area contributed by atoms with Crippen LogP contribution >= 0.6 is 0 Å². The van der Waals surface area contributed by atoms with E-state index in [1.807, 2.05) is 42.5 Å². The molecular weight excluding hydrogens is 732 g/mol. The number of carbonyl (C=O) groups excluding carboxylic acids is 6. The van der Waals surface area contributed by atoms with Crippen LogP contribution in [0.4, 0.5) is 10.1 Å². The monoisotopic (exact) mass is 781 g/mol. The van der Waals surface area contributed by atoms with Gasteiger partial charge in [-0.2, -0.15) is 0 Å².